The number of furan rings is 1. The molecule has 5 heteroatoms. The van der Waals surface area contributed by atoms with Gasteiger partial charge in [-0.15, -0.1) is 0 Å². The number of rotatable bonds is 5. The van der Waals surface area contributed by atoms with Crippen molar-refractivity contribution in [3.05, 3.63) is 182 Å². The molecule has 0 saturated carbocycles. The third-order valence-corrected chi connectivity index (χ3v) is 11.2. The summed E-state index contributed by atoms with van der Waals surface area (Å²) in [5.41, 5.74) is 10.2. The molecule has 3 aromatic heterocycles. The minimum atomic E-state index is 0.604. The van der Waals surface area contributed by atoms with E-state index in [1.165, 1.54) is 48.9 Å². The number of fused-ring (bicyclic) bond motifs is 6. The van der Waals surface area contributed by atoms with E-state index in [0.717, 1.165) is 49.9 Å². The normalized spacial score (nSPS) is 11.9. The molecule has 56 heavy (non-hydrogen) atoms. The number of benzene rings is 9. The molecular weight excluding hydrogens is 685 g/mol. The molecular formula is C51H30N4O. The van der Waals surface area contributed by atoms with Crippen molar-refractivity contribution in [1.82, 2.24) is 19.5 Å². The highest BCUT2D eigenvalue weighted by Gasteiger charge is 2.23. The second-order valence-corrected chi connectivity index (χ2v) is 14.3. The molecule has 12 rings (SSSR count). The van der Waals surface area contributed by atoms with Crippen LogP contribution in [0.1, 0.15) is 0 Å². The van der Waals surface area contributed by atoms with Crippen molar-refractivity contribution >= 4 is 65.3 Å². The van der Waals surface area contributed by atoms with Gasteiger partial charge in [0.25, 0.3) is 0 Å². The Labute approximate surface area is 321 Å². The average Bonchev–Trinajstić information content (AvgIpc) is 3.82. The van der Waals surface area contributed by atoms with Crippen LogP contribution < -0.4 is 0 Å². The van der Waals surface area contributed by atoms with E-state index < -0.39 is 0 Å². The number of aromatic nitrogens is 4. The van der Waals surface area contributed by atoms with Crippen molar-refractivity contribution in [2.24, 2.45) is 0 Å². The first-order valence-electron chi connectivity index (χ1n) is 18.9. The van der Waals surface area contributed by atoms with Gasteiger partial charge in [-0.25, -0.2) is 15.0 Å². The Balaban J connectivity index is 1.09. The lowest BCUT2D eigenvalue weighted by Gasteiger charge is -2.13. The van der Waals surface area contributed by atoms with Gasteiger partial charge in [0.1, 0.15) is 11.2 Å². The fraction of sp³-hybridized carbons (Fsp3) is 0. The highest BCUT2D eigenvalue weighted by molar-refractivity contribution is 6.36. The third kappa shape index (κ3) is 4.52. The van der Waals surface area contributed by atoms with Gasteiger partial charge < -0.3 is 8.98 Å². The molecule has 0 amide bonds. The van der Waals surface area contributed by atoms with Crippen LogP contribution >= 0.6 is 0 Å². The molecule has 0 radical (unpaired) electrons. The summed E-state index contributed by atoms with van der Waals surface area (Å²) in [5.74, 6) is 1.86. The van der Waals surface area contributed by atoms with Gasteiger partial charge in [0.15, 0.2) is 17.5 Å². The van der Waals surface area contributed by atoms with Crippen molar-refractivity contribution in [2.75, 3.05) is 0 Å². The topological polar surface area (TPSA) is 56.7 Å². The van der Waals surface area contributed by atoms with Crippen LogP contribution in [0.5, 0.6) is 0 Å². The zero-order valence-corrected chi connectivity index (χ0v) is 30.0. The SMILES string of the molecule is c1ccc(-c2nc(-c3ccccc3)nc(-c3cccc4oc5cc(-c6ccc7c8c6c6ccccc6c6cccc(c68)n7-c6ccccc6)ccc5c34)n2)cc1. The lowest BCUT2D eigenvalue weighted by molar-refractivity contribution is 0.669. The van der Waals surface area contributed by atoms with Crippen LogP contribution in [0.15, 0.2) is 186 Å². The Hall–Kier alpha value is -7.63. The first-order valence-corrected chi connectivity index (χ1v) is 18.9. The van der Waals surface area contributed by atoms with Crippen LogP contribution in [0.3, 0.4) is 0 Å². The molecule has 0 aliphatic rings. The van der Waals surface area contributed by atoms with Crippen LogP contribution in [-0.2, 0) is 0 Å². The molecule has 0 aliphatic carbocycles. The zero-order valence-electron chi connectivity index (χ0n) is 30.0. The smallest absolute Gasteiger partial charge is 0.164 e. The van der Waals surface area contributed by atoms with Crippen molar-refractivity contribution < 1.29 is 4.42 Å². The summed E-state index contributed by atoms with van der Waals surface area (Å²) in [6.45, 7) is 0. The summed E-state index contributed by atoms with van der Waals surface area (Å²) in [7, 11) is 0. The number of para-hydroxylation sites is 1. The van der Waals surface area contributed by atoms with E-state index in [9.17, 15) is 0 Å². The number of nitrogens with zero attached hydrogens (tertiary/aromatic N) is 4. The van der Waals surface area contributed by atoms with Gasteiger partial charge in [-0.1, -0.05) is 140 Å². The van der Waals surface area contributed by atoms with Gasteiger partial charge in [-0.3, -0.25) is 0 Å². The van der Waals surface area contributed by atoms with E-state index in [4.69, 9.17) is 19.4 Å². The molecule has 0 atom stereocenters. The summed E-state index contributed by atoms with van der Waals surface area (Å²) in [6.07, 6.45) is 0. The summed E-state index contributed by atoms with van der Waals surface area (Å²) >= 11 is 0. The largest absolute Gasteiger partial charge is 0.456 e. The molecule has 0 aliphatic heterocycles. The maximum Gasteiger partial charge on any atom is 0.164 e. The quantitative estimate of drug-likeness (QED) is 0.167. The standard InChI is InChI=1S/C51H30N4O/c1-4-14-31(15-5-1)49-52-50(32-16-6-2-7-17-32)54-51(53-49)40-23-13-25-43-45(40)39-27-26-33(30-44(39)56-43)35-28-29-42-48-46(35)37-21-11-10-20-36(37)38-22-12-24-41(47(38)48)55(42)34-18-8-3-9-19-34/h1-30H. The molecule has 9 aromatic carbocycles. The Kier molecular flexibility index (Phi) is 6.56. The lowest BCUT2D eigenvalue weighted by atomic mass is 9.89. The molecule has 12 aromatic rings. The zero-order chi connectivity index (χ0) is 36.7. The van der Waals surface area contributed by atoms with Crippen molar-refractivity contribution in [3.63, 3.8) is 0 Å². The molecule has 260 valence electrons. The van der Waals surface area contributed by atoms with Gasteiger partial charge in [0, 0.05) is 49.3 Å². The number of hydrogen-bond acceptors (Lipinski definition) is 4. The monoisotopic (exact) mass is 714 g/mol. The molecule has 0 N–H and O–H groups in total. The maximum absolute atomic E-state index is 6.71. The minimum absolute atomic E-state index is 0.604. The first kappa shape index (κ1) is 30.8. The first-order chi connectivity index (χ1) is 27.8. The predicted octanol–water partition coefficient (Wildman–Crippen LogP) is 13.3. The molecule has 0 saturated heterocycles. The van der Waals surface area contributed by atoms with Gasteiger partial charge in [-0.05, 0) is 69.8 Å². The van der Waals surface area contributed by atoms with Crippen LogP contribution in [0.4, 0.5) is 0 Å². The van der Waals surface area contributed by atoms with Crippen molar-refractivity contribution in [1.29, 1.82) is 0 Å². The Morgan fingerprint density at radius 2 is 0.946 bits per heavy atom. The highest BCUT2D eigenvalue weighted by atomic mass is 16.3. The Morgan fingerprint density at radius 1 is 0.339 bits per heavy atom. The summed E-state index contributed by atoms with van der Waals surface area (Å²) in [5, 5.41) is 9.58. The van der Waals surface area contributed by atoms with Gasteiger partial charge >= 0.3 is 0 Å². The van der Waals surface area contributed by atoms with Crippen LogP contribution in [0.25, 0.3) is 116 Å². The average molecular weight is 715 g/mol. The minimum Gasteiger partial charge on any atom is -0.456 e. The summed E-state index contributed by atoms with van der Waals surface area (Å²) < 4.78 is 9.11. The van der Waals surface area contributed by atoms with Crippen LogP contribution in [0.2, 0.25) is 0 Å². The molecule has 0 spiro atoms. The van der Waals surface area contributed by atoms with Gasteiger partial charge in [0.2, 0.25) is 0 Å². The molecule has 3 heterocycles. The molecule has 0 fully saturated rings. The van der Waals surface area contributed by atoms with E-state index in [1.54, 1.807) is 0 Å². The summed E-state index contributed by atoms with van der Waals surface area (Å²) in [4.78, 5) is 15.0. The fourth-order valence-electron chi connectivity index (χ4n) is 8.79. The maximum atomic E-state index is 6.71. The highest BCUT2D eigenvalue weighted by Crippen LogP contribution is 2.47. The van der Waals surface area contributed by atoms with Crippen LogP contribution in [0, 0.1) is 0 Å². The molecule has 0 unspecified atom stereocenters. The molecule has 5 nitrogen and oxygen atoms in total. The number of hydrogen-bond donors (Lipinski definition) is 0. The van der Waals surface area contributed by atoms with Gasteiger partial charge in [-0.2, -0.15) is 0 Å². The van der Waals surface area contributed by atoms with Crippen LogP contribution in [-0.4, -0.2) is 19.5 Å². The van der Waals surface area contributed by atoms with E-state index in [0.29, 0.717) is 17.5 Å². The van der Waals surface area contributed by atoms with Gasteiger partial charge in [0.05, 0.1) is 11.0 Å². The second-order valence-electron chi connectivity index (χ2n) is 14.3. The van der Waals surface area contributed by atoms with E-state index in [-0.39, 0.29) is 0 Å². The summed E-state index contributed by atoms with van der Waals surface area (Å²) in [6, 6.07) is 63.7. The van der Waals surface area contributed by atoms with E-state index in [2.05, 4.69) is 114 Å². The second kappa shape index (κ2) is 11.9. The van der Waals surface area contributed by atoms with Crippen molar-refractivity contribution in [2.45, 2.75) is 0 Å². The Morgan fingerprint density at radius 3 is 1.70 bits per heavy atom. The third-order valence-electron chi connectivity index (χ3n) is 11.2. The lowest BCUT2D eigenvalue weighted by Crippen LogP contribution is -2.00. The van der Waals surface area contributed by atoms with E-state index >= 15 is 0 Å². The Bertz CT molecular complexity index is 3400. The fourth-order valence-corrected chi connectivity index (χ4v) is 8.79. The predicted molar refractivity (Wildman–Crippen MR) is 229 cm³/mol. The molecule has 0 bridgehead atoms. The van der Waals surface area contributed by atoms with Crippen molar-refractivity contribution in [3.8, 4) is 51.0 Å². The van der Waals surface area contributed by atoms with E-state index in [1.807, 2.05) is 72.8 Å².